The highest BCUT2D eigenvalue weighted by atomic mass is 19.4. The highest BCUT2D eigenvalue weighted by molar-refractivity contribution is 5.76. The maximum absolute atomic E-state index is 14.1. The summed E-state index contributed by atoms with van der Waals surface area (Å²) in [5.74, 6) is -0.622. The van der Waals surface area contributed by atoms with Crippen molar-refractivity contribution < 1.29 is 22.0 Å². The van der Waals surface area contributed by atoms with E-state index in [-0.39, 0.29) is 22.9 Å². The molecule has 174 valence electrons. The Labute approximate surface area is 191 Å². The molecule has 3 aromatic heterocycles. The Morgan fingerprint density at radius 2 is 1.91 bits per heavy atom. The van der Waals surface area contributed by atoms with Crippen LogP contribution in [0.3, 0.4) is 0 Å². The summed E-state index contributed by atoms with van der Waals surface area (Å²) in [6.45, 7) is 2.29. The van der Waals surface area contributed by atoms with Crippen molar-refractivity contribution in [2.24, 2.45) is 0 Å². The second-order valence-electron chi connectivity index (χ2n) is 8.09. The van der Waals surface area contributed by atoms with Gasteiger partial charge < -0.3 is 5.32 Å². The molecule has 10 heteroatoms. The third-order valence-corrected chi connectivity index (χ3v) is 5.86. The van der Waals surface area contributed by atoms with Crippen LogP contribution in [0.25, 0.3) is 22.5 Å². The molecule has 5 rings (SSSR count). The van der Waals surface area contributed by atoms with E-state index in [0.29, 0.717) is 31.1 Å². The minimum Gasteiger partial charge on any atom is -0.370 e. The number of pyridine rings is 1. The van der Waals surface area contributed by atoms with Crippen molar-refractivity contribution in [1.29, 1.82) is 0 Å². The van der Waals surface area contributed by atoms with Gasteiger partial charge >= 0.3 is 6.18 Å². The quantitative estimate of drug-likeness (QED) is 0.367. The molecule has 0 saturated carbocycles. The molecule has 1 N–H and O–H groups in total. The van der Waals surface area contributed by atoms with E-state index in [1.54, 1.807) is 6.07 Å². The number of nitrogens with one attached hydrogen (secondary N) is 1. The Morgan fingerprint density at radius 1 is 1.09 bits per heavy atom. The van der Waals surface area contributed by atoms with Crippen LogP contribution in [0.15, 0.2) is 54.5 Å². The molecule has 1 aromatic carbocycles. The van der Waals surface area contributed by atoms with Crippen LogP contribution in [0.2, 0.25) is 0 Å². The summed E-state index contributed by atoms with van der Waals surface area (Å²) in [4.78, 5) is 7.86. The number of hydrogen-bond acceptors (Lipinski definition) is 4. The fourth-order valence-corrected chi connectivity index (χ4v) is 4.28. The van der Waals surface area contributed by atoms with Gasteiger partial charge in [0.15, 0.2) is 5.65 Å². The minimum atomic E-state index is -4.66. The van der Waals surface area contributed by atoms with Crippen LogP contribution < -0.4 is 5.32 Å². The lowest BCUT2D eigenvalue weighted by Crippen LogP contribution is -2.10. The number of benzene rings is 1. The van der Waals surface area contributed by atoms with Crippen molar-refractivity contribution in [1.82, 2.24) is 19.6 Å². The molecule has 1 aliphatic rings. The smallest absolute Gasteiger partial charge is 0.370 e. The second kappa shape index (κ2) is 8.19. The van der Waals surface area contributed by atoms with Crippen molar-refractivity contribution in [2.75, 3.05) is 11.9 Å². The normalized spacial score (nSPS) is 13.6. The molecule has 0 spiro atoms. The number of alkyl halides is 3. The fourth-order valence-electron chi connectivity index (χ4n) is 4.28. The number of rotatable bonds is 5. The summed E-state index contributed by atoms with van der Waals surface area (Å²) < 4.78 is 69.5. The van der Waals surface area contributed by atoms with Crippen LogP contribution in [0.1, 0.15) is 30.0 Å². The van der Waals surface area contributed by atoms with Crippen LogP contribution in [0.4, 0.5) is 27.8 Å². The molecule has 5 nitrogen and oxygen atoms in total. The first-order valence-corrected chi connectivity index (χ1v) is 10.5. The second-order valence-corrected chi connectivity index (χ2v) is 8.09. The third-order valence-electron chi connectivity index (χ3n) is 5.86. The molecular weight excluding hydrogens is 453 g/mol. The van der Waals surface area contributed by atoms with Gasteiger partial charge in [-0.25, -0.2) is 13.8 Å². The average molecular weight is 471 g/mol. The summed E-state index contributed by atoms with van der Waals surface area (Å²) in [5.41, 5.74) is 2.51. The summed E-state index contributed by atoms with van der Waals surface area (Å²) in [7, 11) is 0. The first-order chi connectivity index (χ1) is 16.2. The highest BCUT2D eigenvalue weighted by Gasteiger charge is 2.36. The van der Waals surface area contributed by atoms with Crippen LogP contribution in [-0.4, -0.2) is 26.1 Å². The number of anilines is 1. The first-order valence-electron chi connectivity index (χ1n) is 10.5. The highest BCUT2D eigenvalue weighted by Crippen LogP contribution is 2.37. The van der Waals surface area contributed by atoms with Gasteiger partial charge in [0, 0.05) is 24.4 Å². The molecule has 0 unspecified atom stereocenters. The number of aromatic nitrogens is 4. The molecule has 3 heterocycles. The fraction of sp³-hybridized carbons (Fsp3) is 0.208. The summed E-state index contributed by atoms with van der Waals surface area (Å²) >= 11 is 0. The van der Waals surface area contributed by atoms with Gasteiger partial charge in [0.25, 0.3) is 0 Å². The predicted molar refractivity (Wildman–Crippen MR) is 117 cm³/mol. The van der Waals surface area contributed by atoms with Crippen LogP contribution in [0, 0.1) is 11.6 Å². The molecular formula is C24H18F5N5. The van der Waals surface area contributed by atoms with Gasteiger partial charge in [0.05, 0.1) is 18.1 Å². The molecule has 0 radical (unpaired) electrons. The van der Waals surface area contributed by atoms with E-state index in [0.717, 1.165) is 33.5 Å². The zero-order valence-electron chi connectivity index (χ0n) is 17.9. The number of hydrogen-bond donors (Lipinski definition) is 1. The summed E-state index contributed by atoms with van der Waals surface area (Å²) in [6.07, 6.45) is -0.570. The summed E-state index contributed by atoms with van der Waals surface area (Å²) in [5, 5.41) is 6.99. The molecule has 0 saturated heterocycles. The first kappa shape index (κ1) is 22.0. The molecule has 4 aromatic rings. The van der Waals surface area contributed by atoms with Crippen molar-refractivity contribution in [2.45, 2.75) is 25.9 Å². The van der Waals surface area contributed by atoms with Crippen molar-refractivity contribution in [3.8, 4) is 11.3 Å². The van der Waals surface area contributed by atoms with E-state index in [2.05, 4.69) is 20.4 Å². The van der Waals surface area contributed by atoms with Crippen LogP contribution in [-0.2, 0) is 12.6 Å². The maximum Gasteiger partial charge on any atom is 0.421 e. The van der Waals surface area contributed by atoms with E-state index in [1.807, 2.05) is 13.0 Å². The SMILES string of the molecule is CC1=C(CCNc2cc(-c3cncc(F)c3)nc3c(C(F)(F)F)cnn23)c2cccc(F)c2C1. The Balaban J connectivity index is 1.49. The Bertz CT molecular complexity index is 1440. The standard InChI is InChI=1S/C24H18F5N5/c1-13-7-18-17(3-2-4-20(18)26)16(13)5-6-31-22-9-21(14-8-15(25)11-30-10-14)33-23-19(24(27,28)29)12-32-34(22)23/h2-4,8-12,31H,5-7H2,1H3. The van der Waals surface area contributed by atoms with Gasteiger partial charge in [0.1, 0.15) is 23.0 Å². The van der Waals surface area contributed by atoms with Gasteiger partial charge in [0.2, 0.25) is 0 Å². The molecule has 0 fully saturated rings. The van der Waals surface area contributed by atoms with E-state index in [1.165, 1.54) is 18.3 Å². The van der Waals surface area contributed by atoms with Crippen LogP contribution in [0.5, 0.6) is 0 Å². The average Bonchev–Trinajstić information content (AvgIpc) is 3.36. The van der Waals surface area contributed by atoms with E-state index in [4.69, 9.17) is 0 Å². The van der Waals surface area contributed by atoms with Crippen molar-refractivity contribution >= 4 is 17.0 Å². The number of halogens is 5. The van der Waals surface area contributed by atoms with Gasteiger partial charge in [-0.1, -0.05) is 17.7 Å². The molecule has 0 amide bonds. The maximum atomic E-state index is 14.1. The summed E-state index contributed by atoms with van der Waals surface area (Å²) in [6, 6.07) is 7.61. The zero-order chi connectivity index (χ0) is 24.0. The lowest BCUT2D eigenvalue weighted by molar-refractivity contribution is -0.136. The van der Waals surface area contributed by atoms with Crippen molar-refractivity contribution in [3.05, 3.63) is 82.8 Å². The molecule has 0 aliphatic heterocycles. The third kappa shape index (κ3) is 3.89. The molecule has 1 aliphatic carbocycles. The van der Waals surface area contributed by atoms with E-state index in [9.17, 15) is 22.0 Å². The van der Waals surface area contributed by atoms with Gasteiger partial charge in [-0.15, -0.1) is 0 Å². The predicted octanol–water partition coefficient (Wildman–Crippen LogP) is 5.92. The lowest BCUT2D eigenvalue weighted by atomic mass is 10.0. The topological polar surface area (TPSA) is 55.1 Å². The van der Waals surface area contributed by atoms with E-state index >= 15 is 0 Å². The Morgan fingerprint density at radius 3 is 2.68 bits per heavy atom. The van der Waals surface area contributed by atoms with E-state index < -0.39 is 23.2 Å². The monoisotopic (exact) mass is 471 g/mol. The number of nitrogens with zero attached hydrogens (tertiary/aromatic N) is 4. The Hall–Kier alpha value is -3.82. The van der Waals surface area contributed by atoms with Crippen LogP contribution >= 0.6 is 0 Å². The minimum absolute atomic E-state index is 0.122. The lowest BCUT2D eigenvalue weighted by Gasteiger charge is -2.13. The molecule has 0 bridgehead atoms. The molecule has 0 atom stereocenters. The van der Waals surface area contributed by atoms with Gasteiger partial charge in [-0.05, 0) is 48.6 Å². The zero-order valence-corrected chi connectivity index (χ0v) is 17.9. The van der Waals surface area contributed by atoms with Crippen molar-refractivity contribution in [3.63, 3.8) is 0 Å². The number of allylic oxidation sites excluding steroid dienone is 1. The van der Waals surface area contributed by atoms with Gasteiger partial charge in [-0.2, -0.15) is 22.8 Å². The van der Waals surface area contributed by atoms with Gasteiger partial charge in [-0.3, -0.25) is 4.98 Å². The Kier molecular flexibility index (Phi) is 5.30. The molecule has 34 heavy (non-hydrogen) atoms. The number of fused-ring (bicyclic) bond motifs is 2. The largest absolute Gasteiger partial charge is 0.421 e.